The first-order valence-electron chi connectivity index (χ1n) is 8.91. The Morgan fingerprint density at radius 2 is 1.96 bits per heavy atom. The molecule has 0 aliphatic rings. The van der Waals surface area contributed by atoms with Gasteiger partial charge in [0, 0.05) is 18.8 Å². The molecule has 25 heavy (non-hydrogen) atoms. The fourth-order valence-corrected chi connectivity index (χ4v) is 2.35. The largest absolute Gasteiger partial charge is 0.463 e. The molecule has 5 heteroatoms. The Labute approximate surface area is 151 Å². The normalized spacial score (nSPS) is 11.3. The minimum absolute atomic E-state index is 0.205. The average Bonchev–Trinajstić information content (AvgIpc) is 2.56. The number of anilines is 1. The maximum atomic E-state index is 11.8. The van der Waals surface area contributed by atoms with Crippen molar-refractivity contribution in [1.82, 2.24) is 4.90 Å². The Morgan fingerprint density at radius 3 is 2.60 bits per heavy atom. The quantitative estimate of drug-likeness (QED) is 0.378. The molecule has 0 bridgehead atoms. The van der Waals surface area contributed by atoms with Crippen molar-refractivity contribution < 1.29 is 14.3 Å². The van der Waals surface area contributed by atoms with Gasteiger partial charge in [-0.3, -0.25) is 9.59 Å². The van der Waals surface area contributed by atoms with Crippen LogP contribution in [0.15, 0.2) is 30.3 Å². The summed E-state index contributed by atoms with van der Waals surface area (Å²) in [6, 6.07) is 7.85. The molecule has 0 unspecified atom stereocenters. The van der Waals surface area contributed by atoms with Gasteiger partial charge in [0.05, 0.1) is 6.10 Å². The molecular formula is C20H30N2O3. The lowest BCUT2D eigenvalue weighted by Gasteiger charge is -2.18. The van der Waals surface area contributed by atoms with Crippen LogP contribution in [0.4, 0.5) is 5.69 Å². The number of nitrogens with zero attached hydrogens (tertiary/aromatic N) is 1. The molecule has 0 radical (unpaired) electrons. The highest BCUT2D eigenvalue weighted by Gasteiger charge is 2.09. The fourth-order valence-electron chi connectivity index (χ4n) is 2.35. The zero-order chi connectivity index (χ0) is 18.7. The van der Waals surface area contributed by atoms with Gasteiger partial charge in [0.25, 0.3) is 0 Å². The van der Waals surface area contributed by atoms with E-state index in [1.54, 1.807) is 19.9 Å². The van der Waals surface area contributed by atoms with E-state index in [2.05, 4.69) is 24.1 Å². The maximum Gasteiger partial charge on any atom is 0.313 e. The summed E-state index contributed by atoms with van der Waals surface area (Å²) in [6.45, 7) is 11.8. The van der Waals surface area contributed by atoms with Crippen LogP contribution in [-0.4, -0.2) is 48.9 Å². The van der Waals surface area contributed by atoms with Crippen LogP contribution in [-0.2, 0) is 14.3 Å². The fraction of sp³-hybridized carbons (Fsp3) is 0.500. The van der Waals surface area contributed by atoms with Crippen LogP contribution < -0.4 is 5.32 Å². The third-order valence-corrected chi connectivity index (χ3v) is 3.69. The van der Waals surface area contributed by atoms with E-state index in [9.17, 15) is 9.59 Å². The van der Waals surface area contributed by atoms with E-state index in [0.717, 1.165) is 37.4 Å². The Hall–Kier alpha value is -2.14. The smallest absolute Gasteiger partial charge is 0.313 e. The van der Waals surface area contributed by atoms with Crippen LogP contribution in [0.5, 0.6) is 0 Å². The van der Waals surface area contributed by atoms with Crippen molar-refractivity contribution in [1.29, 1.82) is 0 Å². The Bertz CT molecular complexity index is 578. The number of rotatable bonds is 11. The third kappa shape index (κ3) is 9.05. The molecule has 138 valence electrons. The minimum atomic E-state index is -0.489. The molecular weight excluding hydrogens is 316 g/mol. The molecule has 5 nitrogen and oxygen atoms in total. The lowest BCUT2D eigenvalue weighted by atomic mass is 10.1. The van der Waals surface area contributed by atoms with E-state index >= 15 is 0 Å². The summed E-state index contributed by atoms with van der Waals surface area (Å²) in [4.78, 5) is 25.6. The molecule has 0 amide bonds. The monoisotopic (exact) mass is 346 g/mol. The summed E-state index contributed by atoms with van der Waals surface area (Å²) in [7, 11) is 0. The van der Waals surface area contributed by atoms with E-state index in [1.807, 2.05) is 24.3 Å². The molecule has 0 atom stereocenters. The van der Waals surface area contributed by atoms with Gasteiger partial charge in [-0.25, -0.2) is 0 Å². The van der Waals surface area contributed by atoms with E-state index in [-0.39, 0.29) is 18.3 Å². The summed E-state index contributed by atoms with van der Waals surface area (Å²) < 4.78 is 4.97. The number of ketones is 1. The molecule has 0 spiro atoms. The number of nitrogens with one attached hydrogen (secondary N) is 1. The van der Waals surface area contributed by atoms with Gasteiger partial charge in [0.2, 0.25) is 0 Å². The number of carbonyl (C=O) groups is 2. The Morgan fingerprint density at radius 1 is 1.24 bits per heavy atom. The zero-order valence-electron chi connectivity index (χ0n) is 15.7. The number of benzene rings is 1. The number of hydrogen-bond acceptors (Lipinski definition) is 5. The zero-order valence-corrected chi connectivity index (χ0v) is 15.7. The van der Waals surface area contributed by atoms with Crippen molar-refractivity contribution in [3.05, 3.63) is 35.9 Å². The summed E-state index contributed by atoms with van der Waals surface area (Å²) in [6.07, 6.45) is 2.72. The molecule has 1 aromatic rings. The molecule has 1 N–H and O–H groups in total. The number of likely N-dealkylation sites (N-methyl/N-ethyl adjacent to an activating group) is 1. The highest BCUT2D eigenvalue weighted by Crippen LogP contribution is 2.12. The van der Waals surface area contributed by atoms with Gasteiger partial charge in [-0.1, -0.05) is 32.1 Å². The van der Waals surface area contributed by atoms with E-state index in [0.29, 0.717) is 0 Å². The lowest BCUT2D eigenvalue weighted by Crippen LogP contribution is -2.28. The van der Waals surface area contributed by atoms with Crippen LogP contribution in [0, 0.1) is 0 Å². The number of carbonyl (C=O) groups excluding carboxylic acids is 2. The SMILES string of the molecule is CCN(CC)CCNc1cccc(C=CC(=O)CC(=O)OC(C)C)c1. The van der Waals surface area contributed by atoms with Gasteiger partial charge in [-0.05, 0) is 50.7 Å². The van der Waals surface area contributed by atoms with Crippen LogP contribution in [0.1, 0.15) is 39.7 Å². The summed E-state index contributed by atoms with van der Waals surface area (Å²) >= 11 is 0. The second kappa shape index (κ2) is 11.4. The summed E-state index contributed by atoms with van der Waals surface area (Å²) in [5.41, 5.74) is 1.93. The summed E-state index contributed by atoms with van der Waals surface area (Å²) in [5, 5.41) is 3.39. The van der Waals surface area contributed by atoms with Gasteiger partial charge in [-0.2, -0.15) is 0 Å². The molecule has 0 aliphatic carbocycles. The predicted octanol–water partition coefficient (Wildman–Crippen LogP) is 3.36. The maximum absolute atomic E-state index is 11.8. The van der Waals surface area contributed by atoms with Gasteiger partial charge >= 0.3 is 5.97 Å². The first kappa shape index (κ1) is 20.9. The molecule has 0 aromatic heterocycles. The highest BCUT2D eigenvalue weighted by atomic mass is 16.5. The van der Waals surface area contributed by atoms with Gasteiger partial charge in [0.1, 0.15) is 6.42 Å². The highest BCUT2D eigenvalue weighted by molar-refractivity contribution is 6.04. The van der Waals surface area contributed by atoms with E-state index in [1.165, 1.54) is 6.08 Å². The first-order chi connectivity index (χ1) is 11.9. The molecule has 0 fully saturated rings. The van der Waals surface area contributed by atoms with Crippen molar-refractivity contribution in [2.24, 2.45) is 0 Å². The van der Waals surface area contributed by atoms with Crippen LogP contribution in [0.3, 0.4) is 0 Å². The molecule has 1 rings (SSSR count). The van der Waals surface area contributed by atoms with Gasteiger partial charge in [0.15, 0.2) is 5.78 Å². The number of ether oxygens (including phenoxy) is 1. The van der Waals surface area contributed by atoms with Crippen LogP contribution >= 0.6 is 0 Å². The number of allylic oxidation sites excluding steroid dienone is 1. The molecule has 1 aromatic carbocycles. The van der Waals surface area contributed by atoms with Gasteiger partial charge in [-0.15, -0.1) is 0 Å². The predicted molar refractivity (Wildman–Crippen MR) is 103 cm³/mol. The first-order valence-corrected chi connectivity index (χ1v) is 8.91. The minimum Gasteiger partial charge on any atom is -0.463 e. The number of hydrogen-bond donors (Lipinski definition) is 1. The van der Waals surface area contributed by atoms with Crippen molar-refractivity contribution in [2.45, 2.75) is 40.2 Å². The second-order valence-corrected chi connectivity index (χ2v) is 6.09. The van der Waals surface area contributed by atoms with Crippen LogP contribution in [0.2, 0.25) is 0 Å². The molecule has 0 saturated heterocycles. The molecule has 0 saturated carbocycles. The Kier molecular flexibility index (Phi) is 9.55. The van der Waals surface area contributed by atoms with Crippen molar-refractivity contribution >= 4 is 23.5 Å². The van der Waals surface area contributed by atoms with Gasteiger partial charge < -0.3 is 15.0 Å². The number of esters is 1. The topological polar surface area (TPSA) is 58.6 Å². The van der Waals surface area contributed by atoms with Crippen LogP contribution in [0.25, 0.3) is 6.08 Å². The lowest BCUT2D eigenvalue weighted by molar-refractivity contribution is -0.148. The molecule has 0 heterocycles. The summed E-state index contributed by atoms with van der Waals surface area (Å²) in [5.74, 6) is -0.748. The Balaban J connectivity index is 2.51. The van der Waals surface area contributed by atoms with Crippen molar-refractivity contribution in [2.75, 3.05) is 31.5 Å². The third-order valence-electron chi connectivity index (χ3n) is 3.69. The molecule has 0 aliphatic heterocycles. The standard InChI is InChI=1S/C20H30N2O3/c1-5-22(6-2)13-12-21-18-9-7-8-17(14-18)10-11-19(23)15-20(24)25-16(3)4/h7-11,14,16,21H,5-6,12-13,15H2,1-4H3. The van der Waals surface area contributed by atoms with E-state index in [4.69, 9.17) is 4.74 Å². The average molecular weight is 346 g/mol. The van der Waals surface area contributed by atoms with E-state index < -0.39 is 5.97 Å². The second-order valence-electron chi connectivity index (χ2n) is 6.09. The van der Waals surface area contributed by atoms with Crippen molar-refractivity contribution in [3.8, 4) is 0 Å². The van der Waals surface area contributed by atoms with Crippen molar-refractivity contribution in [3.63, 3.8) is 0 Å².